The van der Waals surface area contributed by atoms with Gasteiger partial charge in [0.15, 0.2) is 5.78 Å². The standard InChI is InChI=1S/C24H26N4O2/c1-17-23(19-7-3-4-8-20(19)26-17)22(29)15-27-12-10-24(30,11-13-27)16-28-21-9-5-2-6-18(21)14-25-28/h2-9,14,26,30H,10-13,15-16H2,1H3. The van der Waals surface area contributed by atoms with Gasteiger partial charge in [0.2, 0.25) is 0 Å². The van der Waals surface area contributed by atoms with Gasteiger partial charge in [0.1, 0.15) is 0 Å². The fourth-order valence-corrected chi connectivity index (χ4v) is 4.63. The molecule has 154 valence electrons. The van der Waals surface area contributed by atoms with Gasteiger partial charge in [-0.15, -0.1) is 0 Å². The molecule has 2 aromatic heterocycles. The van der Waals surface area contributed by atoms with Crippen LogP contribution in [0.5, 0.6) is 0 Å². The first-order valence-electron chi connectivity index (χ1n) is 10.5. The summed E-state index contributed by atoms with van der Waals surface area (Å²) in [6.45, 7) is 4.20. The van der Waals surface area contributed by atoms with Crippen molar-refractivity contribution in [1.82, 2.24) is 19.7 Å². The molecule has 1 saturated heterocycles. The highest BCUT2D eigenvalue weighted by atomic mass is 16.3. The van der Waals surface area contributed by atoms with Crippen LogP contribution in [0.15, 0.2) is 54.7 Å². The van der Waals surface area contributed by atoms with Gasteiger partial charge in [-0.1, -0.05) is 36.4 Å². The molecule has 0 saturated carbocycles. The Hall–Kier alpha value is -2.96. The van der Waals surface area contributed by atoms with Gasteiger partial charge in [-0.3, -0.25) is 14.4 Å². The molecule has 1 aliphatic rings. The highest BCUT2D eigenvalue weighted by Gasteiger charge is 2.34. The van der Waals surface area contributed by atoms with Crippen LogP contribution in [-0.4, -0.2) is 55.8 Å². The van der Waals surface area contributed by atoms with E-state index in [9.17, 15) is 9.90 Å². The summed E-state index contributed by atoms with van der Waals surface area (Å²) in [7, 11) is 0. The molecule has 1 fully saturated rings. The smallest absolute Gasteiger partial charge is 0.179 e. The number of hydrogen-bond acceptors (Lipinski definition) is 4. The van der Waals surface area contributed by atoms with E-state index in [0.717, 1.165) is 33.1 Å². The summed E-state index contributed by atoms with van der Waals surface area (Å²) in [5.74, 6) is 0.133. The second-order valence-corrected chi connectivity index (χ2v) is 8.46. The molecule has 6 nitrogen and oxygen atoms in total. The van der Waals surface area contributed by atoms with Crippen molar-refractivity contribution in [2.45, 2.75) is 31.9 Å². The molecular formula is C24H26N4O2. The molecule has 2 aromatic carbocycles. The van der Waals surface area contributed by atoms with E-state index in [1.807, 2.05) is 66.3 Å². The maximum Gasteiger partial charge on any atom is 0.179 e. The number of Topliss-reactive ketones (excluding diaryl/α,β-unsaturated/α-hetero) is 1. The van der Waals surface area contributed by atoms with E-state index in [-0.39, 0.29) is 5.78 Å². The number of piperidine rings is 1. The Morgan fingerprint density at radius 1 is 1.13 bits per heavy atom. The number of nitrogens with one attached hydrogen (secondary N) is 1. The highest BCUT2D eigenvalue weighted by molar-refractivity contribution is 6.10. The molecule has 0 radical (unpaired) electrons. The van der Waals surface area contributed by atoms with Crippen molar-refractivity contribution in [3.05, 3.63) is 66.0 Å². The monoisotopic (exact) mass is 402 g/mol. The van der Waals surface area contributed by atoms with E-state index in [4.69, 9.17) is 0 Å². The normalized spacial score (nSPS) is 17.0. The molecular weight excluding hydrogens is 376 g/mol. The minimum Gasteiger partial charge on any atom is -0.388 e. The van der Waals surface area contributed by atoms with Crippen molar-refractivity contribution in [3.63, 3.8) is 0 Å². The lowest BCUT2D eigenvalue weighted by molar-refractivity contribution is -0.0342. The van der Waals surface area contributed by atoms with Crippen LogP contribution in [0, 0.1) is 6.92 Å². The van der Waals surface area contributed by atoms with Crippen LogP contribution >= 0.6 is 0 Å². The zero-order chi connectivity index (χ0) is 20.7. The van der Waals surface area contributed by atoms with Crippen molar-refractivity contribution < 1.29 is 9.90 Å². The largest absolute Gasteiger partial charge is 0.388 e. The zero-order valence-electron chi connectivity index (χ0n) is 17.1. The number of hydrogen-bond donors (Lipinski definition) is 2. The number of benzene rings is 2. The van der Waals surface area contributed by atoms with Gasteiger partial charge in [0.05, 0.1) is 30.4 Å². The molecule has 4 aromatic rings. The second kappa shape index (κ2) is 7.38. The number of para-hydroxylation sites is 2. The third-order valence-electron chi connectivity index (χ3n) is 6.32. The van der Waals surface area contributed by atoms with Crippen LogP contribution in [0.4, 0.5) is 0 Å². The Morgan fingerprint density at radius 3 is 2.70 bits per heavy atom. The topological polar surface area (TPSA) is 74.2 Å². The number of H-pyrrole nitrogens is 1. The highest BCUT2D eigenvalue weighted by Crippen LogP contribution is 2.27. The average Bonchev–Trinajstić information content (AvgIpc) is 3.30. The summed E-state index contributed by atoms with van der Waals surface area (Å²) in [5.41, 5.74) is 2.94. The van der Waals surface area contributed by atoms with E-state index < -0.39 is 5.60 Å². The SMILES string of the molecule is Cc1[nH]c2ccccc2c1C(=O)CN1CCC(O)(Cn2ncc3ccccc32)CC1. The molecule has 2 N–H and O–H groups in total. The van der Waals surface area contributed by atoms with E-state index in [1.54, 1.807) is 0 Å². The number of carbonyl (C=O) groups excluding carboxylic acids is 1. The van der Waals surface area contributed by atoms with Gasteiger partial charge >= 0.3 is 0 Å². The Bertz CT molecular complexity index is 1210. The summed E-state index contributed by atoms with van der Waals surface area (Å²) in [4.78, 5) is 18.5. The van der Waals surface area contributed by atoms with Gasteiger partial charge in [-0.05, 0) is 31.9 Å². The molecule has 0 amide bonds. The summed E-state index contributed by atoms with van der Waals surface area (Å²) in [5, 5.41) is 17.7. The van der Waals surface area contributed by atoms with E-state index in [2.05, 4.69) is 15.0 Å². The van der Waals surface area contributed by atoms with Crippen LogP contribution < -0.4 is 0 Å². The first-order chi connectivity index (χ1) is 14.5. The molecule has 0 spiro atoms. The number of aliphatic hydroxyl groups is 1. The first kappa shape index (κ1) is 19.0. The van der Waals surface area contributed by atoms with Gasteiger partial charge in [0, 0.05) is 40.6 Å². The predicted octanol–water partition coefficient (Wildman–Crippen LogP) is 3.54. The third kappa shape index (κ3) is 3.42. The number of aryl methyl sites for hydroxylation is 1. The molecule has 3 heterocycles. The lowest BCUT2D eigenvalue weighted by Gasteiger charge is -2.38. The summed E-state index contributed by atoms with van der Waals surface area (Å²) in [6, 6.07) is 16.0. The summed E-state index contributed by atoms with van der Waals surface area (Å²) in [6.07, 6.45) is 3.10. The maximum atomic E-state index is 13.0. The first-order valence-corrected chi connectivity index (χ1v) is 10.5. The van der Waals surface area contributed by atoms with Gasteiger partial charge in [-0.25, -0.2) is 0 Å². The average molecular weight is 402 g/mol. The molecule has 1 aliphatic heterocycles. The fraction of sp³-hybridized carbons (Fsp3) is 0.333. The summed E-state index contributed by atoms with van der Waals surface area (Å²) >= 11 is 0. The Kier molecular flexibility index (Phi) is 4.68. The van der Waals surface area contributed by atoms with Crippen molar-refractivity contribution in [2.75, 3.05) is 19.6 Å². The fourth-order valence-electron chi connectivity index (χ4n) is 4.63. The van der Waals surface area contributed by atoms with E-state index in [0.29, 0.717) is 39.0 Å². The predicted molar refractivity (Wildman–Crippen MR) is 118 cm³/mol. The van der Waals surface area contributed by atoms with Gasteiger partial charge in [-0.2, -0.15) is 5.10 Å². The van der Waals surface area contributed by atoms with Gasteiger partial charge in [0.25, 0.3) is 0 Å². The molecule has 30 heavy (non-hydrogen) atoms. The number of aromatic nitrogens is 3. The molecule has 0 aliphatic carbocycles. The molecule has 0 unspecified atom stereocenters. The van der Waals surface area contributed by atoms with Gasteiger partial charge < -0.3 is 10.1 Å². The third-order valence-corrected chi connectivity index (χ3v) is 6.32. The lowest BCUT2D eigenvalue weighted by atomic mass is 9.91. The van der Waals surface area contributed by atoms with Crippen molar-refractivity contribution in [2.24, 2.45) is 0 Å². The lowest BCUT2D eigenvalue weighted by Crippen LogP contribution is -2.48. The number of nitrogens with zero attached hydrogens (tertiary/aromatic N) is 3. The minimum absolute atomic E-state index is 0.133. The van der Waals surface area contributed by atoms with Crippen molar-refractivity contribution in [3.8, 4) is 0 Å². The second-order valence-electron chi connectivity index (χ2n) is 8.46. The molecule has 0 bridgehead atoms. The maximum absolute atomic E-state index is 13.0. The number of rotatable bonds is 5. The molecule has 6 heteroatoms. The van der Waals surface area contributed by atoms with Crippen LogP contribution in [0.2, 0.25) is 0 Å². The Morgan fingerprint density at radius 2 is 1.87 bits per heavy atom. The van der Waals surface area contributed by atoms with Crippen molar-refractivity contribution in [1.29, 1.82) is 0 Å². The van der Waals surface area contributed by atoms with Crippen molar-refractivity contribution >= 4 is 27.6 Å². The van der Waals surface area contributed by atoms with E-state index >= 15 is 0 Å². The minimum atomic E-state index is -0.801. The zero-order valence-corrected chi connectivity index (χ0v) is 17.1. The van der Waals surface area contributed by atoms with Crippen LogP contribution in [0.3, 0.4) is 0 Å². The quantitative estimate of drug-likeness (QED) is 0.501. The number of carbonyl (C=O) groups is 1. The molecule has 5 rings (SSSR count). The Balaban J connectivity index is 1.25. The van der Waals surface area contributed by atoms with Crippen LogP contribution in [0.1, 0.15) is 28.9 Å². The Labute approximate surface area is 175 Å². The number of likely N-dealkylation sites (tertiary alicyclic amines) is 1. The number of aromatic amines is 1. The number of ketones is 1. The van der Waals surface area contributed by atoms with E-state index in [1.165, 1.54) is 0 Å². The summed E-state index contributed by atoms with van der Waals surface area (Å²) < 4.78 is 1.89. The van der Waals surface area contributed by atoms with Crippen LogP contribution in [0.25, 0.3) is 21.8 Å². The van der Waals surface area contributed by atoms with Crippen LogP contribution in [-0.2, 0) is 6.54 Å². The number of fused-ring (bicyclic) bond motifs is 2. The molecule has 0 atom stereocenters.